The van der Waals surface area contributed by atoms with Crippen LogP contribution < -0.4 is 5.32 Å². The predicted molar refractivity (Wildman–Crippen MR) is 64.7 cm³/mol. The number of hydrogen-bond acceptors (Lipinski definition) is 4. The summed E-state index contributed by atoms with van der Waals surface area (Å²) in [6.45, 7) is 8.22. The molecule has 0 aliphatic heterocycles. The van der Waals surface area contributed by atoms with Crippen LogP contribution in [0.25, 0.3) is 0 Å². The highest BCUT2D eigenvalue weighted by Gasteiger charge is 2.20. The van der Waals surface area contributed by atoms with Gasteiger partial charge in [0.25, 0.3) is 0 Å². The molecule has 0 aromatic rings. The summed E-state index contributed by atoms with van der Waals surface area (Å²) >= 11 is 0. The summed E-state index contributed by atoms with van der Waals surface area (Å²) in [6.07, 6.45) is 0.114. The van der Waals surface area contributed by atoms with Crippen molar-refractivity contribution < 1.29 is 15.3 Å². The molecule has 2 unspecified atom stereocenters. The topological polar surface area (TPSA) is 72.7 Å². The van der Waals surface area contributed by atoms with E-state index in [1.54, 1.807) is 0 Å². The Hall–Kier alpha value is -0.160. The van der Waals surface area contributed by atoms with Crippen molar-refractivity contribution >= 4 is 0 Å². The summed E-state index contributed by atoms with van der Waals surface area (Å²) in [6, 6.07) is -0.456. The standard InChI is InChI=1S/C12H27NO3/c1-8(2)5-6-11(14)13-10(12(15)16)7-9(3)4/h8-16H,5-7H2,1-4H3. The quantitative estimate of drug-likeness (QED) is 0.473. The first-order valence-electron chi connectivity index (χ1n) is 6.13. The van der Waals surface area contributed by atoms with E-state index < -0.39 is 18.6 Å². The summed E-state index contributed by atoms with van der Waals surface area (Å²) in [5, 5.41) is 30.9. The number of nitrogens with one attached hydrogen (secondary N) is 1. The van der Waals surface area contributed by atoms with E-state index in [2.05, 4.69) is 19.2 Å². The SMILES string of the molecule is CC(C)CCC(O)NC(CC(C)C)C(O)O. The Morgan fingerprint density at radius 3 is 1.81 bits per heavy atom. The van der Waals surface area contributed by atoms with Gasteiger partial charge in [0.05, 0.1) is 6.04 Å². The van der Waals surface area contributed by atoms with E-state index in [9.17, 15) is 5.11 Å². The van der Waals surface area contributed by atoms with Crippen LogP contribution in [0.3, 0.4) is 0 Å². The van der Waals surface area contributed by atoms with Gasteiger partial charge in [-0.15, -0.1) is 0 Å². The largest absolute Gasteiger partial charge is 0.379 e. The van der Waals surface area contributed by atoms with Crippen LogP contribution in [0.15, 0.2) is 0 Å². The molecule has 0 heterocycles. The molecule has 0 saturated carbocycles. The smallest absolute Gasteiger partial charge is 0.167 e. The second-order valence-electron chi connectivity index (χ2n) is 5.30. The summed E-state index contributed by atoms with van der Waals surface area (Å²) in [4.78, 5) is 0. The minimum absolute atomic E-state index is 0.358. The lowest BCUT2D eigenvalue weighted by atomic mass is 10.0. The van der Waals surface area contributed by atoms with E-state index in [-0.39, 0.29) is 0 Å². The lowest BCUT2D eigenvalue weighted by Gasteiger charge is -2.25. The van der Waals surface area contributed by atoms with Crippen molar-refractivity contribution in [3.8, 4) is 0 Å². The van der Waals surface area contributed by atoms with Gasteiger partial charge in [0.1, 0.15) is 6.23 Å². The van der Waals surface area contributed by atoms with Crippen LogP contribution in [-0.2, 0) is 0 Å². The maximum Gasteiger partial charge on any atom is 0.167 e. The van der Waals surface area contributed by atoms with Gasteiger partial charge in [0.15, 0.2) is 6.29 Å². The lowest BCUT2D eigenvalue weighted by Crippen LogP contribution is -2.46. The van der Waals surface area contributed by atoms with Crippen LogP contribution in [0.4, 0.5) is 0 Å². The van der Waals surface area contributed by atoms with Crippen LogP contribution in [0.2, 0.25) is 0 Å². The second-order valence-corrected chi connectivity index (χ2v) is 5.30. The van der Waals surface area contributed by atoms with Gasteiger partial charge in [-0.1, -0.05) is 27.7 Å². The average Bonchev–Trinajstić information content (AvgIpc) is 2.12. The fraction of sp³-hybridized carbons (Fsp3) is 1.00. The zero-order valence-electron chi connectivity index (χ0n) is 10.8. The molecule has 2 atom stereocenters. The van der Waals surface area contributed by atoms with Crippen molar-refractivity contribution in [3.05, 3.63) is 0 Å². The first-order valence-corrected chi connectivity index (χ1v) is 6.13. The minimum Gasteiger partial charge on any atom is -0.379 e. The molecule has 4 N–H and O–H groups in total. The molecule has 0 aromatic heterocycles. The van der Waals surface area contributed by atoms with Gasteiger partial charge in [-0.25, -0.2) is 0 Å². The molecule has 4 nitrogen and oxygen atoms in total. The Kier molecular flexibility index (Phi) is 7.93. The zero-order valence-corrected chi connectivity index (χ0v) is 10.8. The Bertz CT molecular complexity index is 172. The van der Waals surface area contributed by atoms with Crippen LogP contribution in [0, 0.1) is 11.8 Å². The highest BCUT2D eigenvalue weighted by Crippen LogP contribution is 2.10. The maximum atomic E-state index is 9.70. The van der Waals surface area contributed by atoms with Crippen LogP contribution in [0.5, 0.6) is 0 Å². The van der Waals surface area contributed by atoms with E-state index in [0.29, 0.717) is 24.7 Å². The molecule has 0 aliphatic rings. The third-order valence-electron chi connectivity index (χ3n) is 2.51. The molecule has 0 rings (SSSR count). The number of aliphatic hydroxyl groups excluding tert-OH is 2. The van der Waals surface area contributed by atoms with Crippen molar-refractivity contribution in [2.24, 2.45) is 11.8 Å². The maximum absolute atomic E-state index is 9.70. The van der Waals surface area contributed by atoms with E-state index in [0.717, 1.165) is 6.42 Å². The van der Waals surface area contributed by atoms with Crippen molar-refractivity contribution in [1.29, 1.82) is 0 Å². The fourth-order valence-electron chi connectivity index (χ4n) is 1.61. The van der Waals surface area contributed by atoms with E-state index in [1.165, 1.54) is 0 Å². The summed E-state index contributed by atoms with van der Waals surface area (Å²) in [5.74, 6) is 0.899. The molecule has 16 heavy (non-hydrogen) atoms. The highest BCUT2D eigenvalue weighted by molar-refractivity contribution is 4.72. The van der Waals surface area contributed by atoms with Gasteiger partial charge >= 0.3 is 0 Å². The summed E-state index contributed by atoms with van der Waals surface area (Å²) < 4.78 is 0. The van der Waals surface area contributed by atoms with E-state index in [4.69, 9.17) is 10.2 Å². The summed E-state index contributed by atoms with van der Waals surface area (Å²) in [5.41, 5.74) is 0. The molecule has 0 aromatic carbocycles. The first kappa shape index (κ1) is 15.8. The molecule has 0 spiro atoms. The molecular weight excluding hydrogens is 206 g/mol. The van der Waals surface area contributed by atoms with E-state index in [1.807, 2.05) is 13.8 Å². The molecule has 0 fully saturated rings. The molecule has 4 heteroatoms. The van der Waals surface area contributed by atoms with Gasteiger partial charge < -0.3 is 15.3 Å². The first-order chi connectivity index (χ1) is 7.32. The van der Waals surface area contributed by atoms with Crippen molar-refractivity contribution in [1.82, 2.24) is 5.32 Å². The molecular formula is C12H27NO3. The van der Waals surface area contributed by atoms with Crippen molar-refractivity contribution in [2.45, 2.75) is 65.5 Å². The van der Waals surface area contributed by atoms with Crippen LogP contribution in [0.1, 0.15) is 47.0 Å². The molecule has 0 bridgehead atoms. The van der Waals surface area contributed by atoms with Crippen molar-refractivity contribution in [2.75, 3.05) is 0 Å². The Morgan fingerprint density at radius 1 is 0.875 bits per heavy atom. The second kappa shape index (κ2) is 8.01. The monoisotopic (exact) mass is 233 g/mol. The molecule has 0 aliphatic carbocycles. The normalized spacial score (nSPS) is 16.1. The zero-order chi connectivity index (χ0) is 12.7. The molecule has 0 amide bonds. The van der Waals surface area contributed by atoms with Gasteiger partial charge in [-0.3, -0.25) is 5.32 Å². The fourth-order valence-corrected chi connectivity index (χ4v) is 1.61. The number of aliphatic hydroxyl groups is 3. The Labute approximate surface area is 98.7 Å². The number of hydrogen-bond donors (Lipinski definition) is 4. The highest BCUT2D eigenvalue weighted by atomic mass is 16.5. The molecule has 98 valence electrons. The van der Waals surface area contributed by atoms with Gasteiger partial charge in [-0.05, 0) is 31.1 Å². The third kappa shape index (κ3) is 8.05. The van der Waals surface area contributed by atoms with Crippen LogP contribution >= 0.6 is 0 Å². The summed E-state index contributed by atoms with van der Waals surface area (Å²) in [7, 11) is 0. The van der Waals surface area contributed by atoms with Crippen LogP contribution in [-0.4, -0.2) is 33.9 Å². The average molecular weight is 233 g/mol. The van der Waals surface area contributed by atoms with Gasteiger partial charge in [0, 0.05) is 0 Å². The predicted octanol–water partition coefficient (Wildman–Crippen LogP) is 1.06. The van der Waals surface area contributed by atoms with Crippen molar-refractivity contribution in [3.63, 3.8) is 0 Å². The van der Waals surface area contributed by atoms with Gasteiger partial charge in [-0.2, -0.15) is 0 Å². The third-order valence-corrected chi connectivity index (χ3v) is 2.51. The van der Waals surface area contributed by atoms with Gasteiger partial charge in [0.2, 0.25) is 0 Å². The Balaban J connectivity index is 3.98. The molecule has 0 saturated heterocycles. The minimum atomic E-state index is -1.42. The van der Waals surface area contributed by atoms with E-state index >= 15 is 0 Å². The number of rotatable bonds is 8. The molecule has 0 radical (unpaired) electrons. The lowest BCUT2D eigenvalue weighted by molar-refractivity contribution is -0.0837. The Morgan fingerprint density at radius 2 is 1.44 bits per heavy atom.